The summed E-state index contributed by atoms with van der Waals surface area (Å²) in [5.41, 5.74) is 3.70. The van der Waals surface area contributed by atoms with Gasteiger partial charge in [-0.2, -0.15) is 0 Å². The largest absolute Gasteiger partial charge is 0.365 e. The van der Waals surface area contributed by atoms with E-state index >= 15 is 0 Å². The van der Waals surface area contributed by atoms with E-state index in [4.69, 9.17) is 0 Å². The molecule has 3 N–H and O–H groups in total. The fourth-order valence-corrected chi connectivity index (χ4v) is 2.51. The standard InChI is InChI=1S/C13H13BrN4O/c14-11-12(17-7-18-13(11)19)16-4-8-1-2-9-5-15-6-10(9)3-8/h1-3,7,15H,4-6H2,(H2,16,17,18,19). The minimum absolute atomic E-state index is 0.185. The van der Waals surface area contributed by atoms with Crippen molar-refractivity contribution in [2.75, 3.05) is 5.32 Å². The lowest BCUT2D eigenvalue weighted by Crippen LogP contribution is -2.12. The molecule has 2 aromatic rings. The van der Waals surface area contributed by atoms with Gasteiger partial charge in [-0.3, -0.25) is 4.79 Å². The van der Waals surface area contributed by atoms with Crippen molar-refractivity contribution in [1.29, 1.82) is 0 Å². The van der Waals surface area contributed by atoms with Gasteiger partial charge in [0.1, 0.15) is 10.3 Å². The number of anilines is 1. The summed E-state index contributed by atoms with van der Waals surface area (Å²) in [5.74, 6) is 0.558. The summed E-state index contributed by atoms with van der Waals surface area (Å²) < 4.78 is 0.429. The summed E-state index contributed by atoms with van der Waals surface area (Å²) in [6, 6.07) is 6.43. The smallest absolute Gasteiger partial charge is 0.267 e. The van der Waals surface area contributed by atoms with Gasteiger partial charge in [0.25, 0.3) is 5.56 Å². The van der Waals surface area contributed by atoms with Gasteiger partial charge in [0, 0.05) is 19.6 Å². The Bertz CT molecular complexity index is 668. The third-order valence-corrected chi connectivity index (χ3v) is 3.89. The molecule has 19 heavy (non-hydrogen) atoms. The second-order valence-electron chi connectivity index (χ2n) is 4.45. The van der Waals surface area contributed by atoms with Crippen molar-refractivity contribution < 1.29 is 0 Å². The molecule has 0 unspecified atom stereocenters. The first-order valence-corrected chi connectivity index (χ1v) is 6.82. The Morgan fingerprint density at radius 1 is 1.32 bits per heavy atom. The third kappa shape index (κ3) is 2.54. The summed E-state index contributed by atoms with van der Waals surface area (Å²) in [5, 5.41) is 6.48. The van der Waals surface area contributed by atoms with Crippen LogP contribution >= 0.6 is 15.9 Å². The number of hydrogen-bond acceptors (Lipinski definition) is 4. The Hall–Kier alpha value is -1.66. The van der Waals surface area contributed by atoms with Crippen LogP contribution in [0.3, 0.4) is 0 Å². The van der Waals surface area contributed by atoms with Crippen molar-refractivity contribution in [1.82, 2.24) is 15.3 Å². The SMILES string of the molecule is O=c1[nH]cnc(NCc2ccc3c(c2)CNC3)c1Br. The Morgan fingerprint density at radius 2 is 2.16 bits per heavy atom. The Morgan fingerprint density at radius 3 is 3.05 bits per heavy atom. The lowest BCUT2D eigenvalue weighted by atomic mass is 10.1. The molecule has 0 spiro atoms. The molecule has 0 atom stereocenters. The molecule has 98 valence electrons. The minimum Gasteiger partial charge on any atom is -0.365 e. The van der Waals surface area contributed by atoms with E-state index in [0.29, 0.717) is 16.8 Å². The van der Waals surface area contributed by atoms with E-state index in [1.807, 2.05) is 0 Å². The molecular weight excluding hydrogens is 308 g/mol. The third-order valence-electron chi connectivity index (χ3n) is 3.16. The molecule has 0 aliphatic carbocycles. The van der Waals surface area contributed by atoms with Crippen molar-refractivity contribution in [3.05, 3.63) is 56.0 Å². The van der Waals surface area contributed by atoms with E-state index in [0.717, 1.165) is 13.1 Å². The number of benzene rings is 1. The van der Waals surface area contributed by atoms with Crippen molar-refractivity contribution in [2.24, 2.45) is 0 Å². The van der Waals surface area contributed by atoms with Crippen LogP contribution in [-0.4, -0.2) is 9.97 Å². The van der Waals surface area contributed by atoms with E-state index in [1.165, 1.54) is 23.0 Å². The minimum atomic E-state index is -0.185. The van der Waals surface area contributed by atoms with Gasteiger partial charge in [0.15, 0.2) is 0 Å². The van der Waals surface area contributed by atoms with Gasteiger partial charge in [-0.1, -0.05) is 18.2 Å². The molecule has 1 aliphatic heterocycles. The second-order valence-corrected chi connectivity index (χ2v) is 5.25. The van der Waals surface area contributed by atoms with Crippen LogP contribution < -0.4 is 16.2 Å². The summed E-state index contributed by atoms with van der Waals surface area (Å²) in [6.07, 6.45) is 1.39. The maximum atomic E-state index is 11.4. The second kappa shape index (κ2) is 5.14. The molecule has 0 fully saturated rings. The lowest BCUT2D eigenvalue weighted by Gasteiger charge is -2.08. The van der Waals surface area contributed by atoms with Crippen LogP contribution in [-0.2, 0) is 19.6 Å². The molecule has 0 amide bonds. The summed E-state index contributed by atoms with van der Waals surface area (Å²) >= 11 is 3.22. The number of rotatable bonds is 3. The number of nitrogens with one attached hydrogen (secondary N) is 3. The van der Waals surface area contributed by atoms with E-state index < -0.39 is 0 Å². The van der Waals surface area contributed by atoms with Gasteiger partial charge in [0.2, 0.25) is 0 Å². The molecule has 0 radical (unpaired) electrons. The highest BCUT2D eigenvalue weighted by Crippen LogP contribution is 2.19. The maximum Gasteiger partial charge on any atom is 0.267 e. The number of aromatic nitrogens is 2. The van der Waals surface area contributed by atoms with Crippen molar-refractivity contribution in [2.45, 2.75) is 19.6 Å². The fourth-order valence-electron chi connectivity index (χ4n) is 2.15. The zero-order chi connectivity index (χ0) is 13.2. The van der Waals surface area contributed by atoms with Crippen LogP contribution in [0.2, 0.25) is 0 Å². The fraction of sp³-hybridized carbons (Fsp3) is 0.231. The highest BCUT2D eigenvalue weighted by atomic mass is 79.9. The van der Waals surface area contributed by atoms with Gasteiger partial charge in [-0.15, -0.1) is 0 Å². The van der Waals surface area contributed by atoms with E-state index in [9.17, 15) is 4.79 Å². The first kappa shape index (κ1) is 12.4. The molecule has 1 aromatic heterocycles. The average molecular weight is 321 g/mol. The molecule has 0 saturated carbocycles. The van der Waals surface area contributed by atoms with Crippen LogP contribution in [0.1, 0.15) is 16.7 Å². The monoisotopic (exact) mass is 320 g/mol. The summed E-state index contributed by atoms with van der Waals surface area (Å²) in [6.45, 7) is 2.52. The number of aromatic amines is 1. The van der Waals surface area contributed by atoms with Crippen LogP contribution in [0.5, 0.6) is 0 Å². The quantitative estimate of drug-likeness (QED) is 0.805. The number of nitrogens with zero attached hydrogens (tertiary/aromatic N) is 1. The Balaban J connectivity index is 1.76. The van der Waals surface area contributed by atoms with Crippen LogP contribution in [0.25, 0.3) is 0 Å². The predicted molar refractivity (Wildman–Crippen MR) is 76.9 cm³/mol. The van der Waals surface area contributed by atoms with Gasteiger partial charge >= 0.3 is 0 Å². The molecule has 3 rings (SSSR count). The molecule has 0 bridgehead atoms. The van der Waals surface area contributed by atoms with Crippen molar-refractivity contribution >= 4 is 21.7 Å². The zero-order valence-electron chi connectivity index (χ0n) is 10.2. The molecule has 1 aromatic carbocycles. The summed E-state index contributed by atoms with van der Waals surface area (Å²) in [4.78, 5) is 18.0. The number of hydrogen-bond donors (Lipinski definition) is 3. The van der Waals surface area contributed by atoms with Gasteiger partial charge in [-0.05, 0) is 32.6 Å². The Labute approximate surface area is 118 Å². The molecule has 5 nitrogen and oxygen atoms in total. The number of halogens is 1. The normalized spacial score (nSPS) is 13.3. The van der Waals surface area contributed by atoms with Crippen LogP contribution in [0.4, 0.5) is 5.82 Å². The van der Waals surface area contributed by atoms with Gasteiger partial charge in [0.05, 0.1) is 6.33 Å². The lowest BCUT2D eigenvalue weighted by molar-refractivity contribution is 0.764. The van der Waals surface area contributed by atoms with Crippen LogP contribution in [0, 0.1) is 0 Å². The highest BCUT2D eigenvalue weighted by molar-refractivity contribution is 9.10. The topological polar surface area (TPSA) is 69.8 Å². The summed E-state index contributed by atoms with van der Waals surface area (Å²) in [7, 11) is 0. The molecule has 1 aliphatic rings. The van der Waals surface area contributed by atoms with Gasteiger partial charge in [-0.25, -0.2) is 4.98 Å². The van der Waals surface area contributed by atoms with Crippen molar-refractivity contribution in [3.8, 4) is 0 Å². The van der Waals surface area contributed by atoms with Crippen molar-refractivity contribution in [3.63, 3.8) is 0 Å². The predicted octanol–water partition coefficient (Wildman–Crippen LogP) is 1.75. The van der Waals surface area contributed by atoms with Gasteiger partial charge < -0.3 is 15.6 Å². The average Bonchev–Trinajstić information content (AvgIpc) is 2.88. The van der Waals surface area contributed by atoms with E-state index in [1.54, 1.807) is 0 Å². The van der Waals surface area contributed by atoms with E-state index in [2.05, 4.69) is 54.7 Å². The molecule has 2 heterocycles. The zero-order valence-corrected chi connectivity index (χ0v) is 11.8. The molecule has 6 heteroatoms. The maximum absolute atomic E-state index is 11.4. The first-order chi connectivity index (χ1) is 9.24. The first-order valence-electron chi connectivity index (χ1n) is 6.02. The molecular formula is C13H13BrN4O. The number of fused-ring (bicyclic) bond motifs is 1. The Kier molecular flexibility index (Phi) is 3.35. The van der Waals surface area contributed by atoms with E-state index in [-0.39, 0.29) is 5.56 Å². The highest BCUT2D eigenvalue weighted by Gasteiger charge is 2.10. The molecule has 0 saturated heterocycles. The number of H-pyrrole nitrogens is 1. The van der Waals surface area contributed by atoms with Crippen LogP contribution in [0.15, 0.2) is 33.8 Å².